The van der Waals surface area contributed by atoms with Gasteiger partial charge < -0.3 is 5.32 Å². The smallest absolute Gasteiger partial charge is 0.260 e. The van der Waals surface area contributed by atoms with Crippen LogP contribution < -0.4 is 5.32 Å². The summed E-state index contributed by atoms with van der Waals surface area (Å²) in [6.45, 7) is 2.26. The second kappa shape index (κ2) is 5.18. The van der Waals surface area contributed by atoms with E-state index in [-0.39, 0.29) is 11.8 Å². The molecule has 0 aliphatic carbocycles. The van der Waals surface area contributed by atoms with Crippen LogP contribution in [0, 0.1) is 5.92 Å². The number of hydrogen-bond acceptors (Lipinski definition) is 3. The maximum absolute atomic E-state index is 11.9. The van der Waals surface area contributed by atoms with E-state index in [2.05, 4.69) is 10.4 Å². The highest BCUT2D eigenvalue weighted by Crippen LogP contribution is 2.16. The van der Waals surface area contributed by atoms with Crippen molar-refractivity contribution in [1.82, 2.24) is 5.01 Å². The molecule has 1 unspecified atom stereocenters. The average Bonchev–Trinajstić information content (AvgIpc) is 2.73. The van der Waals surface area contributed by atoms with Crippen LogP contribution in [0.2, 0.25) is 5.02 Å². The normalized spacial score (nSPS) is 18.2. The van der Waals surface area contributed by atoms with E-state index in [9.17, 15) is 9.59 Å². The van der Waals surface area contributed by atoms with Gasteiger partial charge in [-0.05, 0) is 31.2 Å². The predicted octanol–water partition coefficient (Wildman–Crippen LogP) is 1.74. The van der Waals surface area contributed by atoms with Crippen molar-refractivity contribution in [2.75, 3.05) is 11.9 Å². The summed E-state index contributed by atoms with van der Waals surface area (Å²) in [6.07, 6.45) is 1.36. The summed E-state index contributed by atoms with van der Waals surface area (Å²) in [5.74, 6) is -1.54. The number of nitrogens with one attached hydrogen (secondary N) is 1. The lowest BCUT2D eigenvalue weighted by atomic mass is 10.1. The Hall–Kier alpha value is -1.88. The molecule has 0 fully saturated rings. The molecule has 2 amide bonds. The minimum atomic E-state index is -0.847. The zero-order chi connectivity index (χ0) is 13.1. The first-order valence-electron chi connectivity index (χ1n) is 5.53. The fourth-order valence-electron chi connectivity index (χ4n) is 1.60. The van der Waals surface area contributed by atoms with Crippen molar-refractivity contribution in [1.29, 1.82) is 0 Å². The molecule has 18 heavy (non-hydrogen) atoms. The number of nitrogens with zero attached hydrogens (tertiary/aromatic N) is 2. The first kappa shape index (κ1) is 12.6. The molecule has 94 valence electrons. The summed E-state index contributed by atoms with van der Waals surface area (Å²) in [6, 6.07) is 6.68. The van der Waals surface area contributed by atoms with Crippen molar-refractivity contribution in [3.05, 3.63) is 29.3 Å². The molecule has 1 aromatic carbocycles. The van der Waals surface area contributed by atoms with Gasteiger partial charge in [0.1, 0.15) is 0 Å². The van der Waals surface area contributed by atoms with Crippen molar-refractivity contribution >= 4 is 35.3 Å². The average molecular weight is 266 g/mol. The number of carbonyl (C=O) groups excluding carboxylic acids is 2. The van der Waals surface area contributed by atoms with Crippen LogP contribution in [0.5, 0.6) is 0 Å². The van der Waals surface area contributed by atoms with Crippen LogP contribution in [0.1, 0.15) is 6.92 Å². The molecule has 0 bridgehead atoms. The molecule has 0 radical (unpaired) electrons. The monoisotopic (exact) mass is 265 g/mol. The lowest BCUT2D eigenvalue weighted by molar-refractivity contribution is -0.135. The standard InChI is InChI=1S/C12H12ClN3O2/c1-2-16-12(18)10(7-14-16)11(17)15-9-5-3-8(13)4-6-9/h3-7,10H,2H2,1H3,(H,15,17). The van der Waals surface area contributed by atoms with E-state index in [1.807, 2.05) is 0 Å². The highest BCUT2D eigenvalue weighted by molar-refractivity contribution is 6.30. The summed E-state index contributed by atoms with van der Waals surface area (Å²) in [5, 5.41) is 8.38. The van der Waals surface area contributed by atoms with Gasteiger partial charge in [-0.15, -0.1) is 0 Å². The molecule has 0 saturated carbocycles. The Balaban J connectivity index is 2.03. The molecule has 1 atom stereocenters. The van der Waals surface area contributed by atoms with Crippen LogP contribution in [0.4, 0.5) is 5.69 Å². The molecular weight excluding hydrogens is 254 g/mol. The third-order valence-electron chi connectivity index (χ3n) is 2.57. The molecule has 1 N–H and O–H groups in total. The van der Waals surface area contributed by atoms with Gasteiger partial charge in [0.25, 0.3) is 5.91 Å². The van der Waals surface area contributed by atoms with Gasteiger partial charge in [0.2, 0.25) is 5.91 Å². The molecule has 1 aliphatic rings. The lowest BCUT2D eigenvalue weighted by Gasteiger charge is -2.11. The molecule has 1 aromatic rings. The number of amides is 2. The highest BCUT2D eigenvalue weighted by atomic mass is 35.5. The third-order valence-corrected chi connectivity index (χ3v) is 2.82. The van der Waals surface area contributed by atoms with Gasteiger partial charge >= 0.3 is 0 Å². The maximum atomic E-state index is 11.9. The molecule has 1 heterocycles. The Morgan fingerprint density at radius 3 is 2.67 bits per heavy atom. The molecule has 6 heteroatoms. The van der Waals surface area contributed by atoms with Crippen molar-refractivity contribution in [3.8, 4) is 0 Å². The van der Waals surface area contributed by atoms with Gasteiger partial charge in [0.05, 0.1) is 0 Å². The first-order valence-corrected chi connectivity index (χ1v) is 5.91. The Morgan fingerprint density at radius 2 is 2.11 bits per heavy atom. The van der Waals surface area contributed by atoms with E-state index in [1.165, 1.54) is 11.2 Å². The second-order valence-corrected chi connectivity index (χ2v) is 4.23. The van der Waals surface area contributed by atoms with E-state index in [0.29, 0.717) is 17.3 Å². The largest absolute Gasteiger partial charge is 0.325 e. The van der Waals surface area contributed by atoms with E-state index >= 15 is 0 Å². The van der Waals surface area contributed by atoms with Crippen molar-refractivity contribution in [2.45, 2.75) is 6.92 Å². The Kier molecular flexibility index (Phi) is 3.62. The van der Waals surface area contributed by atoms with Gasteiger partial charge in [0.15, 0.2) is 5.92 Å². The minimum absolute atomic E-state index is 0.302. The summed E-state index contributed by atoms with van der Waals surface area (Å²) >= 11 is 5.74. The highest BCUT2D eigenvalue weighted by Gasteiger charge is 2.33. The van der Waals surface area contributed by atoms with Crippen molar-refractivity contribution in [2.24, 2.45) is 11.0 Å². The summed E-state index contributed by atoms with van der Waals surface area (Å²) in [5.41, 5.74) is 0.598. The van der Waals surface area contributed by atoms with Gasteiger partial charge in [-0.3, -0.25) is 9.59 Å². The second-order valence-electron chi connectivity index (χ2n) is 3.79. The number of benzene rings is 1. The molecule has 2 rings (SSSR count). The number of hydrazone groups is 1. The van der Waals surface area contributed by atoms with Crippen LogP contribution in [0.15, 0.2) is 29.4 Å². The Bertz CT molecular complexity index is 499. The van der Waals surface area contributed by atoms with E-state index in [0.717, 1.165) is 0 Å². The maximum Gasteiger partial charge on any atom is 0.260 e. The van der Waals surface area contributed by atoms with Gasteiger partial charge in [-0.2, -0.15) is 5.10 Å². The quantitative estimate of drug-likeness (QED) is 0.847. The molecular formula is C12H12ClN3O2. The fourth-order valence-corrected chi connectivity index (χ4v) is 1.72. The van der Waals surface area contributed by atoms with Crippen LogP contribution >= 0.6 is 11.6 Å². The third kappa shape index (κ3) is 2.51. The molecule has 0 spiro atoms. The predicted molar refractivity (Wildman–Crippen MR) is 69.5 cm³/mol. The Morgan fingerprint density at radius 1 is 1.44 bits per heavy atom. The summed E-state index contributed by atoms with van der Waals surface area (Å²) < 4.78 is 0. The number of carbonyl (C=O) groups is 2. The van der Waals surface area contributed by atoms with Gasteiger partial charge in [0, 0.05) is 23.5 Å². The molecule has 1 aliphatic heterocycles. The van der Waals surface area contributed by atoms with Crippen molar-refractivity contribution in [3.63, 3.8) is 0 Å². The van der Waals surface area contributed by atoms with Crippen molar-refractivity contribution < 1.29 is 9.59 Å². The summed E-state index contributed by atoms with van der Waals surface area (Å²) in [7, 11) is 0. The SMILES string of the molecule is CCN1N=CC(C(=O)Nc2ccc(Cl)cc2)C1=O. The van der Waals surface area contributed by atoms with E-state index < -0.39 is 5.92 Å². The summed E-state index contributed by atoms with van der Waals surface area (Å²) in [4.78, 5) is 23.6. The van der Waals surface area contributed by atoms with Crippen LogP contribution in [-0.2, 0) is 9.59 Å². The Labute approximate surface area is 109 Å². The molecule has 0 saturated heterocycles. The zero-order valence-corrected chi connectivity index (χ0v) is 10.5. The fraction of sp³-hybridized carbons (Fsp3) is 0.250. The molecule has 0 aromatic heterocycles. The first-order chi connectivity index (χ1) is 8.61. The molecule has 5 nitrogen and oxygen atoms in total. The van der Waals surface area contributed by atoms with Crippen LogP contribution in [-0.4, -0.2) is 29.6 Å². The number of halogens is 1. The van der Waals surface area contributed by atoms with Gasteiger partial charge in [-0.1, -0.05) is 11.6 Å². The number of hydrogen-bond donors (Lipinski definition) is 1. The van der Waals surface area contributed by atoms with E-state index in [4.69, 9.17) is 11.6 Å². The number of rotatable bonds is 3. The lowest BCUT2D eigenvalue weighted by Crippen LogP contribution is -2.34. The van der Waals surface area contributed by atoms with Crippen LogP contribution in [0.3, 0.4) is 0 Å². The number of anilines is 1. The van der Waals surface area contributed by atoms with E-state index in [1.54, 1.807) is 31.2 Å². The van der Waals surface area contributed by atoms with Gasteiger partial charge in [-0.25, -0.2) is 5.01 Å². The van der Waals surface area contributed by atoms with Crippen LogP contribution in [0.25, 0.3) is 0 Å². The zero-order valence-electron chi connectivity index (χ0n) is 9.76. The topological polar surface area (TPSA) is 61.8 Å². The minimum Gasteiger partial charge on any atom is -0.325 e.